The van der Waals surface area contributed by atoms with Gasteiger partial charge in [0.05, 0.1) is 0 Å². The Kier molecular flexibility index (Phi) is 2.77. The summed E-state index contributed by atoms with van der Waals surface area (Å²) in [4.78, 5) is 0. The van der Waals surface area contributed by atoms with Crippen molar-refractivity contribution in [1.82, 2.24) is 0 Å². The van der Waals surface area contributed by atoms with Gasteiger partial charge < -0.3 is 5.32 Å². The van der Waals surface area contributed by atoms with E-state index in [4.69, 9.17) is 0 Å². The van der Waals surface area contributed by atoms with E-state index in [-0.39, 0.29) is 0 Å². The van der Waals surface area contributed by atoms with E-state index in [1.54, 1.807) is 0 Å². The van der Waals surface area contributed by atoms with Crippen LogP contribution in [0.5, 0.6) is 0 Å². The first-order valence-electron chi connectivity index (χ1n) is 4.78. The van der Waals surface area contributed by atoms with E-state index in [9.17, 15) is 0 Å². The van der Waals surface area contributed by atoms with Gasteiger partial charge in [0.25, 0.3) is 0 Å². The quantitative estimate of drug-likeness (QED) is 0.821. The maximum Gasteiger partial charge on any atom is 0.0353 e. The molecule has 1 aromatic carbocycles. The predicted molar refractivity (Wildman–Crippen MR) is 65.0 cm³/mol. The third-order valence-corrected chi connectivity index (χ3v) is 3.47. The molecule has 70 valence electrons. The van der Waals surface area contributed by atoms with Gasteiger partial charge in [-0.3, -0.25) is 0 Å². The number of benzene rings is 1. The zero-order valence-corrected chi connectivity index (χ0v) is 9.91. The smallest absolute Gasteiger partial charge is 0.0353 e. The van der Waals surface area contributed by atoms with Crippen LogP contribution >= 0.6 is 22.6 Å². The van der Waals surface area contributed by atoms with Crippen LogP contribution in [0, 0.1) is 9.49 Å². The van der Waals surface area contributed by atoms with Gasteiger partial charge in [0, 0.05) is 15.3 Å². The highest BCUT2D eigenvalue weighted by Gasteiger charge is 2.26. The first-order valence-corrected chi connectivity index (χ1v) is 5.85. The molecular weight excluding hydrogens is 273 g/mol. The van der Waals surface area contributed by atoms with E-state index in [0.29, 0.717) is 6.04 Å². The Balaban J connectivity index is 2.01. The molecule has 13 heavy (non-hydrogen) atoms. The van der Waals surface area contributed by atoms with Crippen LogP contribution in [0.1, 0.15) is 19.8 Å². The van der Waals surface area contributed by atoms with E-state index in [2.05, 4.69) is 59.1 Å². The molecule has 0 saturated heterocycles. The van der Waals surface area contributed by atoms with Crippen molar-refractivity contribution in [3.63, 3.8) is 0 Å². The fourth-order valence-corrected chi connectivity index (χ4v) is 2.22. The zero-order valence-electron chi connectivity index (χ0n) is 7.76. The second-order valence-electron chi connectivity index (χ2n) is 3.82. The van der Waals surface area contributed by atoms with Crippen molar-refractivity contribution in [2.45, 2.75) is 25.8 Å². The minimum absolute atomic E-state index is 0.707. The minimum atomic E-state index is 0.707. The molecular formula is C11H14IN. The van der Waals surface area contributed by atoms with Crippen molar-refractivity contribution in [2.24, 2.45) is 5.92 Å². The summed E-state index contributed by atoms with van der Waals surface area (Å²) in [5.74, 6) is 0.845. The van der Waals surface area contributed by atoms with Gasteiger partial charge in [-0.1, -0.05) is 13.0 Å². The Morgan fingerprint density at radius 1 is 1.38 bits per heavy atom. The summed E-state index contributed by atoms with van der Waals surface area (Å²) in [5.41, 5.74) is 1.27. The van der Waals surface area contributed by atoms with Crippen LogP contribution < -0.4 is 5.32 Å². The Hall–Kier alpha value is -0.250. The van der Waals surface area contributed by atoms with Crippen LogP contribution in [-0.2, 0) is 0 Å². The van der Waals surface area contributed by atoms with Gasteiger partial charge in [-0.15, -0.1) is 0 Å². The van der Waals surface area contributed by atoms with Crippen molar-refractivity contribution < 1.29 is 0 Å². The van der Waals surface area contributed by atoms with Crippen LogP contribution in [0.25, 0.3) is 0 Å². The SMILES string of the molecule is CC1CCC1Nc1cccc(I)c1. The fraction of sp³-hybridized carbons (Fsp3) is 0.455. The van der Waals surface area contributed by atoms with Crippen molar-refractivity contribution in [2.75, 3.05) is 5.32 Å². The Morgan fingerprint density at radius 3 is 2.77 bits per heavy atom. The number of nitrogens with one attached hydrogen (secondary N) is 1. The third kappa shape index (κ3) is 2.16. The molecule has 1 N–H and O–H groups in total. The van der Waals surface area contributed by atoms with E-state index >= 15 is 0 Å². The van der Waals surface area contributed by atoms with Gasteiger partial charge in [-0.05, 0) is 59.5 Å². The van der Waals surface area contributed by atoms with Gasteiger partial charge in [-0.2, -0.15) is 0 Å². The molecule has 0 radical (unpaired) electrons. The lowest BCUT2D eigenvalue weighted by Crippen LogP contribution is -2.36. The van der Waals surface area contributed by atoms with Crippen LogP contribution in [0.4, 0.5) is 5.69 Å². The van der Waals surface area contributed by atoms with Crippen molar-refractivity contribution >= 4 is 28.3 Å². The first-order chi connectivity index (χ1) is 6.25. The molecule has 1 fully saturated rings. The molecule has 1 aliphatic carbocycles. The monoisotopic (exact) mass is 287 g/mol. The molecule has 0 bridgehead atoms. The largest absolute Gasteiger partial charge is 0.382 e. The number of hydrogen-bond acceptors (Lipinski definition) is 1. The molecule has 0 aliphatic heterocycles. The Labute approximate surface area is 93.1 Å². The van der Waals surface area contributed by atoms with E-state index < -0.39 is 0 Å². The molecule has 0 aromatic heterocycles. The molecule has 0 spiro atoms. The van der Waals surface area contributed by atoms with Gasteiger partial charge in [0.1, 0.15) is 0 Å². The number of rotatable bonds is 2. The van der Waals surface area contributed by atoms with E-state index in [1.807, 2.05) is 0 Å². The zero-order chi connectivity index (χ0) is 9.26. The maximum atomic E-state index is 3.56. The van der Waals surface area contributed by atoms with Crippen molar-refractivity contribution in [3.05, 3.63) is 27.8 Å². The molecule has 1 aliphatic rings. The number of anilines is 1. The number of halogens is 1. The van der Waals surface area contributed by atoms with Crippen LogP contribution in [0.2, 0.25) is 0 Å². The van der Waals surface area contributed by atoms with Gasteiger partial charge in [0.15, 0.2) is 0 Å². The maximum absolute atomic E-state index is 3.56. The highest BCUT2D eigenvalue weighted by Crippen LogP contribution is 2.29. The molecule has 0 heterocycles. The highest BCUT2D eigenvalue weighted by atomic mass is 127. The fourth-order valence-electron chi connectivity index (χ4n) is 1.67. The lowest BCUT2D eigenvalue weighted by molar-refractivity contribution is 0.303. The average Bonchev–Trinajstić information content (AvgIpc) is 2.12. The minimum Gasteiger partial charge on any atom is -0.382 e. The normalized spacial score (nSPS) is 26.6. The summed E-state index contributed by atoms with van der Waals surface area (Å²) in [6.45, 7) is 2.31. The Morgan fingerprint density at radius 2 is 2.23 bits per heavy atom. The standard InChI is InChI=1S/C11H14IN/c1-8-5-6-11(8)13-10-4-2-3-9(12)7-10/h2-4,7-8,11,13H,5-6H2,1H3. The predicted octanol–water partition coefficient (Wildman–Crippen LogP) is 3.50. The molecule has 2 unspecified atom stereocenters. The van der Waals surface area contributed by atoms with Crippen LogP contribution in [-0.4, -0.2) is 6.04 Å². The lowest BCUT2D eigenvalue weighted by atomic mass is 9.81. The van der Waals surface area contributed by atoms with Crippen LogP contribution in [0.15, 0.2) is 24.3 Å². The first kappa shape index (κ1) is 9.31. The lowest BCUT2D eigenvalue weighted by Gasteiger charge is -2.35. The Bertz CT molecular complexity index is 298. The second kappa shape index (κ2) is 3.86. The topological polar surface area (TPSA) is 12.0 Å². The van der Waals surface area contributed by atoms with E-state index in [1.165, 1.54) is 22.1 Å². The summed E-state index contributed by atoms with van der Waals surface area (Å²) in [7, 11) is 0. The molecule has 1 saturated carbocycles. The molecule has 2 rings (SSSR count). The molecule has 0 amide bonds. The summed E-state index contributed by atoms with van der Waals surface area (Å²) >= 11 is 2.35. The van der Waals surface area contributed by atoms with E-state index in [0.717, 1.165) is 5.92 Å². The van der Waals surface area contributed by atoms with Crippen LogP contribution in [0.3, 0.4) is 0 Å². The molecule has 1 aromatic rings. The van der Waals surface area contributed by atoms with Crippen molar-refractivity contribution in [3.8, 4) is 0 Å². The molecule has 2 atom stereocenters. The number of hydrogen-bond donors (Lipinski definition) is 1. The summed E-state index contributed by atoms with van der Waals surface area (Å²) in [6.07, 6.45) is 2.70. The van der Waals surface area contributed by atoms with Gasteiger partial charge >= 0.3 is 0 Å². The molecule has 1 nitrogen and oxygen atoms in total. The average molecular weight is 287 g/mol. The highest BCUT2D eigenvalue weighted by molar-refractivity contribution is 14.1. The van der Waals surface area contributed by atoms with Crippen molar-refractivity contribution in [1.29, 1.82) is 0 Å². The summed E-state index contributed by atoms with van der Waals surface area (Å²) in [6, 6.07) is 9.28. The summed E-state index contributed by atoms with van der Waals surface area (Å²) < 4.78 is 1.30. The summed E-state index contributed by atoms with van der Waals surface area (Å²) in [5, 5.41) is 3.56. The van der Waals surface area contributed by atoms with Gasteiger partial charge in [-0.25, -0.2) is 0 Å². The second-order valence-corrected chi connectivity index (χ2v) is 5.06. The third-order valence-electron chi connectivity index (χ3n) is 2.80. The van der Waals surface area contributed by atoms with Gasteiger partial charge in [0.2, 0.25) is 0 Å². The molecule has 2 heteroatoms.